The minimum atomic E-state index is -0.991. The number of benzene rings is 3. The molecule has 0 aromatic heterocycles. The minimum Gasteiger partial charge on any atom is -0.478 e. The second kappa shape index (κ2) is 9.92. The summed E-state index contributed by atoms with van der Waals surface area (Å²) in [7, 11) is 0. The van der Waals surface area contributed by atoms with Gasteiger partial charge in [-0.2, -0.15) is 0 Å². The third-order valence-corrected chi connectivity index (χ3v) is 5.31. The summed E-state index contributed by atoms with van der Waals surface area (Å²) in [4.78, 5) is 10.8. The van der Waals surface area contributed by atoms with Gasteiger partial charge < -0.3 is 16.2 Å². The van der Waals surface area contributed by atoms with Crippen molar-refractivity contribution in [3.8, 4) is 0 Å². The molecule has 0 saturated carbocycles. The Morgan fingerprint density at radius 3 is 2.32 bits per heavy atom. The normalized spacial score (nSPS) is 11.9. The number of anilines is 1. The zero-order valence-corrected chi connectivity index (χ0v) is 17.9. The van der Waals surface area contributed by atoms with Gasteiger partial charge in [0.2, 0.25) is 0 Å². The fraction of sp³-hybridized carbons (Fsp3) is 0.0769. The van der Waals surface area contributed by atoms with E-state index in [1.165, 1.54) is 6.21 Å². The standard InChI is InChI=1S/C26H23ClN2O2/c1-2-21(18-6-4-3-5-7-18)26(22-14-20(16-28)24(29)15-23(22)27)19-11-8-17(9-12-19)10-13-25(30)31/h3-16,28H,2,29H2,1H3,(H,30,31)/b13-10+,26-21+,28-16?. The lowest BCUT2D eigenvalue weighted by atomic mass is 9.87. The van der Waals surface area contributed by atoms with Gasteiger partial charge in [-0.3, -0.25) is 0 Å². The number of hydrogen-bond acceptors (Lipinski definition) is 3. The molecule has 0 bridgehead atoms. The maximum atomic E-state index is 10.8. The molecule has 0 fully saturated rings. The number of aliphatic carboxylic acids is 1. The Kier molecular flexibility index (Phi) is 7.06. The average Bonchev–Trinajstić information content (AvgIpc) is 2.78. The molecule has 4 nitrogen and oxygen atoms in total. The average molecular weight is 431 g/mol. The van der Waals surface area contributed by atoms with Crippen molar-refractivity contribution in [3.63, 3.8) is 0 Å². The smallest absolute Gasteiger partial charge is 0.328 e. The summed E-state index contributed by atoms with van der Waals surface area (Å²) in [5.41, 5.74) is 12.7. The Bertz CT molecular complexity index is 1160. The van der Waals surface area contributed by atoms with Gasteiger partial charge in [0, 0.05) is 29.1 Å². The highest BCUT2D eigenvalue weighted by atomic mass is 35.5. The summed E-state index contributed by atoms with van der Waals surface area (Å²) in [6.07, 6.45) is 4.65. The number of nitrogens with one attached hydrogen (secondary N) is 1. The van der Waals surface area contributed by atoms with Crippen molar-refractivity contribution in [2.45, 2.75) is 13.3 Å². The Morgan fingerprint density at radius 2 is 1.74 bits per heavy atom. The van der Waals surface area contributed by atoms with Gasteiger partial charge in [-0.05, 0) is 52.5 Å². The molecular weight excluding hydrogens is 408 g/mol. The fourth-order valence-corrected chi connectivity index (χ4v) is 3.77. The Hall–Kier alpha value is -3.63. The van der Waals surface area contributed by atoms with E-state index < -0.39 is 5.97 Å². The zero-order chi connectivity index (χ0) is 22.4. The quantitative estimate of drug-likeness (QED) is 0.176. The van der Waals surface area contributed by atoms with Crippen LogP contribution in [0.25, 0.3) is 17.2 Å². The second-order valence-corrected chi connectivity index (χ2v) is 7.38. The molecule has 0 aliphatic carbocycles. The summed E-state index contributed by atoms with van der Waals surface area (Å²) in [6, 6.07) is 21.3. The van der Waals surface area contributed by atoms with Gasteiger partial charge >= 0.3 is 5.97 Å². The van der Waals surface area contributed by atoms with Gasteiger partial charge in [-0.15, -0.1) is 0 Å². The lowest BCUT2D eigenvalue weighted by Gasteiger charge is -2.19. The summed E-state index contributed by atoms with van der Waals surface area (Å²) in [5, 5.41) is 17.1. The molecule has 0 radical (unpaired) electrons. The molecule has 4 N–H and O–H groups in total. The Morgan fingerprint density at radius 1 is 1.06 bits per heavy atom. The highest BCUT2D eigenvalue weighted by Gasteiger charge is 2.17. The van der Waals surface area contributed by atoms with Crippen molar-refractivity contribution in [1.29, 1.82) is 5.41 Å². The SMILES string of the molecule is CC/C(=C(/c1ccc(/C=C/C(=O)O)cc1)c1cc(C=N)c(N)cc1Cl)c1ccccc1. The first-order valence-electron chi connectivity index (χ1n) is 9.84. The van der Waals surface area contributed by atoms with Crippen LogP contribution in [0.15, 0.2) is 72.8 Å². The van der Waals surface area contributed by atoms with E-state index in [4.69, 9.17) is 27.9 Å². The molecule has 5 heteroatoms. The van der Waals surface area contributed by atoms with Crippen LogP contribution in [0.3, 0.4) is 0 Å². The first-order valence-corrected chi connectivity index (χ1v) is 10.2. The third kappa shape index (κ3) is 5.11. The van der Waals surface area contributed by atoms with Gasteiger partial charge in [0.05, 0.1) is 5.02 Å². The van der Waals surface area contributed by atoms with Crippen LogP contribution in [0.5, 0.6) is 0 Å². The zero-order valence-electron chi connectivity index (χ0n) is 17.1. The minimum absolute atomic E-state index is 0.454. The number of carboxylic acid groups (broad SMARTS) is 1. The molecule has 0 amide bonds. The van der Waals surface area contributed by atoms with Crippen LogP contribution in [0.1, 0.15) is 41.2 Å². The fourth-order valence-electron chi connectivity index (χ4n) is 3.51. The number of nitrogen functional groups attached to an aromatic ring is 1. The number of halogens is 1. The molecule has 0 heterocycles. The Labute approximate surface area is 186 Å². The molecule has 156 valence electrons. The lowest BCUT2D eigenvalue weighted by molar-refractivity contribution is -0.131. The molecule has 0 atom stereocenters. The maximum Gasteiger partial charge on any atom is 0.328 e. The van der Waals surface area contributed by atoms with Crippen LogP contribution in [-0.2, 0) is 4.79 Å². The van der Waals surface area contributed by atoms with E-state index in [9.17, 15) is 4.79 Å². The highest BCUT2D eigenvalue weighted by Crippen LogP contribution is 2.39. The van der Waals surface area contributed by atoms with Gasteiger partial charge in [-0.1, -0.05) is 73.1 Å². The molecule has 0 aliphatic rings. The molecule has 0 unspecified atom stereocenters. The number of allylic oxidation sites excluding steroid dienone is 1. The molecule has 3 aromatic rings. The second-order valence-electron chi connectivity index (χ2n) is 6.97. The maximum absolute atomic E-state index is 10.8. The van der Waals surface area contributed by atoms with E-state index in [2.05, 4.69) is 19.1 Å². The van der Waals surface area contributed by atoms with E-state index in [0.717, 1.165) is 45.9 Å². The van der Waals surface area contributed by atoms with Crippen LogP contribution in [0, 0.1) is 5.41 Å². The lowest BCUT2D eigenvalue weighted by Crippen LogP contribution is -2.00. The number of rotatable bonds is 7. The first kappa shape index (κ1) is 22.1. The molecule has 3 aromatic carbocycles. The van der Waals surface area contributed by atoms with Gasteiger partial charge in [0.25, 0.3) is 0 Å². The number of carboxylic acids is 1. The monoisotopic (exact) mass is 430 g/mol. The van der Waals surface area contributed by atoms with Crippen molar-refractivity contribution in [3.05, 3.63) is 106 Å². The van der Waals surface area contributed by atoms with E-state index >= 15 is 0 Å². The van der Waals surface area contributed by atoms with E-state index in [1.54, 1.807) is 12.1 Å². The number of carbonyl (C=O) groups is 1. The van der Waals surface area contributed by atoms with E-state index in [0.29, 0.717) is 16.3 Å². The van der Waals surface area contributed by atoms with Crippen molar-refractivity contribution in [1.82, 2.24) is 0 Å². The van der Waals surface area contributed by atoms with Crippen molar-refractivity contribution >= 4 is 46.7 Å². The van der Waals surface area contributed by atoms with E-state index in [1.807, 2.05) is 48.5 Å². The third-order valence-electron chi connectivity index (χ3n) is 4.99. The van der Waals surface area contributed by atoms with Crippen molar-refractivity contribution in [2.75, 3.05) is 5.73 Å². The van der Waals surface area contributed by atoms with Crippen LogP contribution in [0.4, 0.5) is 5.69 Å². The van der Waals surface area contributed by atoms with Crippen LogP contribution in [-0.4, -0.2) is 17.3 Å². The molecule has 0 aliphatic heterocycles. The predicted octanol–water partition coefficient (Wildman–Crippen LogP) is 6.39. The molecule has 31 heavy (non-hydrogen) atoms. The topological polar surface area (TPSA) is 87.2 Å². The summed E-state index contributed by atoms with van der Waals surface area (Å²) in [6.45, 7) is 2.09. The van der Waals surface area contributed by atoms with Crippen molar-refractivity contribution < 1.29 is 9.90 Å². The molecular formula is C26H23ClN2O2. The van der Waals surface area contributed by atoms with Crippen LogP contribution < -0.4 is 5.73 Å². The van der Waals surface area contributed by atoms with Crippen LogP contribution in [0.2, 0.25) is 5.02 Å². The molecule has 3 rings (SSSR count). The Balaban J connectivity index is 2.27. The van der Waals surface area contributed by atoms with Gasteiger partial charge in [-0.25, -0.2) is 4.79 Å². The van der Waals surface area contributed by atoms with Crippen molar-refractivity contribution in [2.24, 2.45) is 0 Å². The largest absolute Gasteiger partial charge is 0.478 e. The van der Waals surface area contributed by atoms with Crippen LogP contribution >= 0.6 is 11.6 Å². The molecule has 0 spiro atoms. The number of nitrogens with two attached hydrogens (primary N) is 1. The number of hydrogen-bond donors (Lipinski definition) is 3. The highest BCUT2D eigenvalue weighted by molar-refractivity contribution is 6.33. The first-order chi connectivity index (χ1) is 14.9. The predicted molar refractivity (Wildman–Crippen MR) is 130 cm³/mol. The van der Waals surface area contributed by atoms with Gasteiger partial charge in [0.1, 0.15) is 0 Å². The summed E-state index contributed by atoms with van der Waals surface area (Å²) in [5.74, 6) is -0.991. The summed E-state index contributed by atoms with van der Waals surface area (Å²) < 4.78 is 0. The summed E-state index contributed by atoms with van der Waals surface area (Å²) >= 11 is 6.64. The van der Waals surface area contributed by atoms with Gasteiger partial charge in [0.15, 0.2) is 0 Å². The molecule has 0 saturated heterocycles. The van der Waals surface area contributed by atoms with E-state index in [-0.39, 0.29) is 0 Å².